The molecule has 1 aromatic rings. The van der Waals surface area contributed by atoms with E-state index in [2.05, 4.69) is 15.5 Å². The molecule has 1 atom stereocenters. The SMILES string of the molecule is CN(C)CCNC(=S)N[C@@H]1CCCOc2ccc(F)cc21. The fraction of sp³-hybridized carbons (Fsp3) is 0.533. The molecule has 0 saturated heterocycles. The maximum Gasteiger partial charge on any atom is 0.166 e. The van der Waals surface area contributed by atoms with E-state index in [1.54, 1.807) is 6.07 Å². The van der Waals surface area contributed by atoms with Crippen LogP contribution in [0.4, 0.5) is 4.39 Å². The van der Waals surface area contributed by atoms with E-state index in [0.29, 0.717) is 11.7 Å². The number of halogens is 1. The molecule has 0 saturated carbocycles. The largest absolute Gasteiger partial charge is 0.493 e. The first-order chi connectivity index (χ1) is 10.1. The zero-order valence-electron chi connectivity index (χ0n) is 12.5. The van der Waals surface area contributed by atoms with E-state index in [-0.39, 0.29) is 11.9 Å². The normalized spacial score (nSPS) is 17.6. The van der Waals surface area contributed by atoms with Gasteiger partial charge in [0.05, 0.1) is 12.6 Å². The molecule has 21 heavy (non-hydrogen) atoms. The van der Waals surface area contributed by atoms with E-state index >= 15 is 0 Å². The number of hydrogen-bond donors (Lipinski definition) is 2. The smallest absolute Gasteiger partial charge is 0.166 e. The highest BCUT2D eigenvalue weighted by Crippen LogP contribution is 2.31. The second-order valence-electron chi connectivity index (χ2n) is 5.43. The van der Waals surface area contributed by atoms with E-state index in [4.69, 9.17) is 17.0 Å². The van der Waals surface area contributed by atoms with E-state index in [1.807, 2.05) is 14.1 Å². The molecule has 4 nitrogen and oxygen atoms in total. The maximum atomic E-state index is 13.5. The number of nitrogens with one attached hydrogen (secondary N) is 2. The predicted octanol–water partition coefficient (Wildman–Crippen LogP) is 2.07. The van der Waals surface area contributed by atoms with Crippen LogP contribution in [0.2, 0.25) is 0 Å². The molecule has 0 fully saturated rings. The number of hydrogen-bond acceptors (Lipinski definition) is 3. The molecule has 116 valence electrons. The van der Waals surface area contributed by atoms with Crippen LogP contribution in [-0.2, 0) is 0 Å². The van der Waals surface area contributed by atoms with Crippen LogP contribution < -0.4 is 15.4 Å². The number of ether oxygens (including phenoxy) is 1. The summed E-state index contributed by atoms with van der Waals surface area (Å²) in [5.74, 6) is 0.486. The lowest BCUT2D eigenvalue weighted by atomic mass is 10.0. The third-order valence-corrected chi connectivity index (χ3v) is 3.65. The highest BCUT2D eigenvalue weighted by Gasteiger charge is 2.21. The number of nitrogens with zero attached hydrogens (tertiary/aromatic N) is 1. The molecule has 1 heterocycles. The Balaban J connectivity index is 1.99. The minimum absolute atomic E-state index is 0.0162. The monoisotopic (exact) mass is 311 g/mol. The van der Waals surface area contributed by atoms with Gasteiger partial charge in [-0.2, -0.15) is 0 Å². The van der Waals surface area contributed by atoms with E-state index in [9.17, 15) is 4.39 Å². The number of likely N-dealkylation sites (N-methyl/N-ethyl adjacent to an activating group) is 1. The summed E-state index contributed by atoms with van der Waals surface area (Å²) in [5.41, 5.74) is 0.837. The van der Waals surface area contributed by atoms with Crippen LogP contribution >= 0.6 is 12.2 Å². The third-order valence-electron chi connectivity index (χ3n) is 3.39. The summed E-state index contributed by atoms with van der Waals surface area (Å²) in [7, 11) is 4.03. The summed E-state index contributed by atoms with van der Waals surface area (Å²) in [4.78, 5) is 2.08. The molecule has 0 bridgehead atoms. The van der Waals surface area contributed by atoms with Gasteiger partial charge in [0.1, 0.15) is 11.6 Å². The third kappa shape index (κ3) is 4.82. The van der Waals surface area contributed by atoms with Gasteiger partial charge in [-0.15, -0.1) is 0 Å². The van der Waals surface area contributed by atoms with Crippen LogP contribution in [-0.4, -0.2) is 43.8 Å². The van der Waals surface area contributed by atoms with Crippen molar-refractivity contribution in [3.63, 3.8) is 0 Å². The summed E-state index contributed by atoms with van der Waals surface area (Å²) in [6, 6.07) is 4.63. The van der Waals surface area contributed by atoms with Crippen molar-refractivity contribution < 1.29 is 9.13 Å². The van der Waals surface area contributed by atoms with Crippen LogP contribution in [0.25, 0.3) is 0 Å². The molecule has 2 N–H and O–H groups in total. The van der Waals surface area contributed by atoms with Crippen molar-refractivity contribution in [2.75, 3.05) is 33.8 Å². The second-order valence-corrected chi connectivity index (χ2v) is 5.84. The summed E-state index contributed by atoms with van der Waals surface area (Å²) in [6.45, 7) is 2.33. The summed E-state index contributed by atoms with van der Waals surface area (Å²) < 4.78 is 19.1. The lowest BCUT2D eigenvalue weighted by Crippen LogP contribution is -2.40. The molecule has 0 spiro atoms. The van der Waals surface area contributed by atoms with E-state index in [0.717, 1.165) is 37.2 Å². The molecule has 2 rings (SSSR count). The van der Waals surface area contributed by atoms with Crippen LogP contribution in [0.5, 0.6) is 5.75 Å². The van der Waals surface area contributed by atoms with Crippen molar-refractivity contribution in [3.8, 4) is 5.75 Å². The number of thiocarbonyl (C=S) groups is 1. The Morgan fingerprint density at radius 1 is 1.48 bits per heavy atom. The van der Waals surface area contributed by atoms with Crippen LogP contribution in [0.3, 0.4) is 0 Å². The minimum Gasteiger partial charge on any atom is -0.493 e. The Kier molecular flexibility index (Phi) is 5.76. The zero-order valence-corrected chi connectivity index (χ0v) is 13.3. The highest BCUT2D eigenvalue weighted by molar-refractivity contribution is 7.80. The first-order valence-electron chi connectivity index (χ1n) is 7.17. The van der Waals surface area contributed by atoms with Gasteiger partial charge in [-0.1, -0.05) is 0 Å². The minimum atomic E-state index is -0.252. The Labute approximate surface area is 130 Å². The van der Waals surface area contributed by atoms with Gasteiger partial charge in [0, 0.05) is 18.7 Å². The van der Waals surface area contributed by atoms with E-state index in [1.165, 1.54) is 12.1 Å². The predicted molar refractivity (Wildman–Crippen MR) is 86.2 cm³/mol. The summed E-state index contributed by atoms with van der Waals surface area (Å²) in [6.07, 6.45) is 1.78. The topological polar surface area (TPSA) is 36.5 Å². The molecular formula is C15H22FN3OS. The van der Waals surface area contributed by atoms with Crippen molar-refractivity contribution in [3.05, 3.63) is 29.6 Å². The number of rotatable bonds is 4. The maximum absolute atomic E-state index is 13.5. The van der Waals surface area contributed by atoms with Gasteiger partial charge >= 0.3 is 0 Å². The molecule has 0 aliphatic carbocycles. The van der Waals surface area contributed by atoms with Crippen molar-refractivity contribution >= 4 is 17.3 Å². The van der Waals surface area contributed by atoms with Gasteiger partial charge in [-0.05, 0) is 57.4 Å². The van der Waals surface area contributed by atoms with Gasteiger partial charge in [-0.25, -0.2) is 4.39 Å². The Bertz CT molecular complexity index is 496. The molecule has 0 amide bonds. The molecular weight excluding hydrogens is 289 g/mol. The van der Waals surface area contributed by atoms with Gasteiger partial charge < -0.3 is 20.3 Å². The lowest BCUT2D eigenvalue weighted by molar-refractivity contribution is 0.315. The Morgan fingerprint density at radius 3 is 3.05 bits per heavy atom. The molecule has 1 aliphatic heterocycles. The van der Waals surface area contributed by atoms with Crippen molar-refractivity contribution in [1.29, 1.82) is 0 Å². The fourth-order valence-corrected chi connectivity index (χ4v) is 2.54. The standard InChI is InChI=1S/C15H22FN3OS/c1-19(2)8-7-17-15(21)18-13-4-3-9-20-14-6-5-11(16)10-12(13)14/h5-6,10,13H,3-4,7-9H2,1-2H3,(H2,17,18,21)/t13-/m1/s1. The van der Waals surface area contributed by atoms with Gasteiger partial charge in [0.15, 0.2) is 5.11 Å². The lowest BCUT2D eigenvalue weighted by Gasteiger charge is -2.21. The molecule has 0 radical (unpaired) electrons. The second kappa shape index (κ2) is 7.56. The molecule has 0 unspecified atom stereocenters. The number of fused-ring (bicyclic) bond motifs is 1. The average molecular weight is 311 g/mol. The summed E-state index contributed by atoms with van der Waals surface area (Å²) >= 11 is 5.32. The Hall–Kier alpha value is -1.40. The van der Waals surface area contributed by atoms with Gasteiger partial charge in [-0.3, -0.25) is 0 Å². The first kappa shape index (κ1) is 16.0. The zero-order chi connectivity index (χ0) is 15.2. The fourth-order valence-electron chi connectivity index (χ4n) is 2.30. The first-order valence-corrected chi connectivity index (χ1v) is 7.58. The molecule has 1 aromatic carbocycles. The van der Waals surface area contributed by atoms with Crippen molar-refractivity contribution in [1.82, 2.24) is 15.5 Å². The van der Waals surface area contributed by atoms with Crippen LogP contribution in [0.1, 0.15) is 24.4 Å². The molecule has 1 aliphatic rings. The highest BCUT2D eigenvalue weighted by atomic mass is 32.1. The average Bonchev–Trinajstić information content (AvgIpc) is 2.61. The molecule has 6 heteroatoms. The van der Waals surface area contributed by atoms with Crippen molar-refractivity contribution in [2.24, 2.45) is 0 Å². The van der Waals surface area contributed by atoms with Gasteiger partial charge in [0.2, 0.25) is 0 Å². The molecule has 0 aromatic heterocycles. The number of benzene rings is 1. The summed E-state index contributed by atoms with van der Waals surface area (Å²) in [5, 5.41) is 7.04. The van der Waals surface area contributed by atoms with Gasteiger partial charge in [0.25, 0.3) is 0 Å². The Morgan fingerprint density at radius 2 is 2.29 bits per heavy atom. The van der Waals surface area contributed by atoms with E-state index < -0.39 is 0 Å². The quantitative estimate of drug-likeness (QED) is 0.833. The van der Waals surface area contributed by atoms with Crippen molar-refractivity contribution in [2.45, 2.75) is 18.9 Å². The van der Waals surface area contributed by atoms with Crippen LogP contribution in [0.15, 0.2) is 18.2 Å². The van der Waals surface area contributed by atoms with Crippen LogP contribution in [0, 0.1) is 5.82 Å².